The average molecular weight is 277 g/mol. The van der Waals surface area contributed by atoms with Crippen molar-refractivity contribution in [1.29, 1.82) is 0 Å². The first-order valence-electron chi connectivity index (χ1n) is 6.19. The highest BCUT2D eigenvalue weighted by molar-refractivity contribution is 5.75. The summed E-state index contributed by atoms with van der Waals surface area (Å²) in [4.78, 5) is 11.7. The smallest absolute Gasteiger partial charge is 0.242 e. The van der Waals surface area contributed by atoms with Gasteiger partial charge in [0.1, 0.15) is 12.4 Å². The Kier molecular flexibility index (Phi) is 4.41. The number of aryl methyl sites for hydroxylation is 1. The van der Waals surface area contributed by atoms with Crippen molar-refractivity contribution in [3.8, 4) is 0 Å². The fourth-order valence-corrected chi connectivity index (χ4v) is 1.73. The molecule has 2 rings (SSSR count). The average Bonchev–Trinajstić information content (AvgIpc) is 2.88. The van der Waals surface area contributed by atoms with Gasteiger partial charge in [-0.15, -0.1) is 5.10 Å². The second-order valence-corrected chi connectivity index (χ2v) is 4.47. The van der Waals surface area contributed by atoms with Crippen LogP contribution in [0.1, 0.15) is 16.8 Å². The van der Waals surface area contributed by atoms with E-state index >= 15 is 0 Å². The molecule has 6 nitrogen and oxygen atoms in total. The fraction of sp³-hybridized carbons (Fsp3) is 0.308. The number of hydrogen-bond donors (Lipinski definition) is 2. The van der Waals surface area contributed by atoms with E-state index in [1.165, 1.54) is 10.7 Å². The largest absolute Gasteiger partial charge is 0.350 e. The molecule has 0 aliphatic rings. The zero-order valence-electron chi connectivity index (χ0n) is 11.1. The lowest BCUT2D eigenvalue weighted by Gasteiger charge is -2.06. The van der Waals surface area contributed by atoms with Crippen molar-refractivity contribution in [2.75, 3.05) is 0 Å². The summed E-state index contributed by atoms with van der Waals surface area (Å²) < 4.78 is 14.5. The highest BCUT2D eigenvalue weighted by Crippen LogP contribution is 2.08. The van der Waals surface area contributed by atoms with E-state index in [-0.39, 0.29) is 24.8 Å². The number of nitrogens with two attached hydrogens (primary N) is 1. The molecule has 7 heteroatoms. The van der Waals surface area contributed by atoms with Crippen LogP contribution in [0.3, 0.4) is 0 Å². The molecule has 0 fully saturated rings. The molecule has 1 aromatic heterocycles. The maximum atomic E-state index is 13.1. The zero-order chi connectivity index (χ0) is 14.5. The first kappa shape index (κ1) is 14.1. The van der Waals surface area contributed by atoms with Crippen LogP contribution in [0.25, 0.3) is 0 Å². The Balaban J connectivity index is 1.87. The van der Waals surface area contributed by atoms with Gasteiger partial charge in [0.2, 0.25) is 5.91 Å². The van der Waals surface area contributed by atoms with Crippen LogP contribution in [-0.4, -0.2) is 20.9 Å². The van der Waals surface area contributed by atoms with Crippen molar-refractivity contribution in [3.05, 3.63) is 47.0 Å². The zero-order valence-corrected chi connectivity index (χ0v) is 11.1. The third kappa shape index (κ3) is 3.61. The lowest BCUT2D eigenvalue weighted by atomic mass is 10.1. The summed E-state index contributed by atoms with van der Waals surface area (Å²) in [6.07, 6.45) is 1.63. The lowest BCUT2D eigenvalue weighted by molar-refractivity contribution is -0.122. The highest BCUT2D eigenvalue weighted by atomic mass is 19.1. The predicted molar refractivity (Wildman–Crippen MR) is 70.9 cm³/mol. The second-order valence-electron chi connectivity index (χ2n) is 4.47. The van der Waals surface area contributed by atoms with Gasteiger partial charge in [-0.3, -0.25) is 4.79 Å². The van der Waals surface area contributed by atoms with E-state index in [2.05, 4.69) is 15.6 Å². The van der Waals surface area contributed by atoms with Gasteiger partial charge in [0.05, 0.1) is 11.9 Å². The van der Waals surface area contributed by atoms with Crippen LogP contribution in [-0.2, 0) is 24.4 Å². The standard InChI is InChI=1S/C13H16FN5O/c1-9-4-10(2-3-12(9)14)6-16-13(20)8-19-7-11(5-15)17-18-19/h2-4,7H,5-6,8,15H2,1H3,(H,16,20). The van der Waals surface area contributed by atoms with Crippen LogP contribution in [0.15, 0.2) is 24.4 Å². The van der Waals surface area contributed by atoms with Crippen LogP contribution < -0.4 is 11.1 Å². The summed E-state index contributed by atoms with van der Waals surface area (Å²) >= 11 is 0. The maximum absolute atomic E-state index is 13.1. The van der Waals surface area contributed by atoms with E-state index < -0.39 is 0 Å². The Morgan fingerprint density at radius 2 is 2.30 bits per heavy atom. The van der Waals surface area contributed by atoms with E-state index in [0.29, 0.717) is 17.8 Å². The summed E-state index contributed by atoms with van der Waals surface area (Å²) in [5, 5.41) is 10.3. The minimum absolute atomic E-state index is 0.0766. The van der Waals surface area contributed by atoms with E-state index in [4.69, 9.17) is 5.73 Å². The number of benzene rings is 1. The summed E-state index contributed by atoms with van der Waals surface area (Å²) in [5.41, 5.74) is 7.44. The van der Waals surface area contributed by atoms with Gasteiger partial charge in [-0.05, 0) is 24.1 Å². The van der Waals surface area contributed by atoms with Crippen molar-refractivity contribution in [2.24, 2.45) is 5.73 Å². The van der Waals surface area contributed by atoms with E-state index in [9.17, 15) is 9.18 Å². The molecule has 0 unspecified atom stereocenters. The number of nitrogens with zero attached hydrogens (tertiary/aromatic N) is 3. The third-order valence-corrected chi connectivity index (χ3v) is 2.81. The number of carbonyl (C=O) groups excluding carboxylic acids is 1. The molecular formula is C13H16FN5O. The Labute approximate surface area is 115 Å². The molecule has 1 aromatic carbocycles. The monoisotopic (exact) mass is 277 g/mol. The molecule has 1 heterocycles. The maximum Gasteiger partial charge on any atom is 0.242 e. The SMILES string of the molecule is Cc1cc(CNC(=O)Cn2cc(CN)nn2)ccc1F. The van der Waals surface area contributed by atoms with Crippen molar-refractivity contribution in [1.82, 2.24) is 20.3 Å². The number of nitrogens with one attached hydrogen (secondary N) is 1. The number of carbonyl (C=O) groups is 1. The van der Waals surface area contributed by atoms with Crippen molar-refractivity contribution in [2.45, 2.75) is 26.6 Å². The number of aromatic nitrogens is 3. The molecule has 20 heavy (non-hydrogen) atoms. The first-order chi connectivity index (χ1) is 9.58. The molecule has 1 amide bonds. The number of halogens is 1. The molecule has 106 valence electrons. The lowest BCUT2D eigenvalue weighted by Crippen LogP contribution is -2.27. The van der Waals surface area contributed by atoms with Gasteiger partial charge in [0, 0.05) is 13.1 Å². The normalized spacial score (nSPS) is 10.6. The quantitative estimate of drug-likeness (QED) is 0.833. The first-order valence-corrected chi connectivity index (χ1v) is 6.19. The van der Waals surface area contributed by atoms with Crippen LogP contribution in [0.4, 0.5) is 4.39 Å². The van der Waals surface area contributed by atoms with Gasteiger partial charge in [0.25, 0.3) is 0 Å². The van der Waals surface area contributed by atoms with E-state index in [1.807, 2.05) is 0 Å². The van der Waals surface area contributed by atoms with Gasteiger partial charge in [-0.2, -0.15) is 0 Å². The van der Waals surface area contributed by atoms with Crippen LogP contribution in [0.5, 0.6) is 0 Å². The van der Waals surface area contributed by atoms with Crippen molar-refractivity contribution >= 4 is 5.91 Å². The van der Waals surface area contributed by atoms with Gasteiger partial charge >= 0.3 is 0 Å². The predicted octanol–water partition coefficient (Wildman–Crippen LogP) is 0.501. The van der Waals surface area contributed by atoms with Gasteiger partial charge < -0.3 is 11.1 Å². The van der Waals surface area contributed by atoms with Crippen LogP contribution >= 0.6 is 0 Å². The molecule has 0 saturated heterocycles. The Morgan fingerprint density at radius 3 is 2.95 bits per heavy atom. The van der Waals surface area contributed by atoms with E-state index in [1.54, 1.807) is 25.3 Å². The topological polar surface area (TPSA) is 85.8 Å². The molecule has 0 saturated carbocycles. The van der Waals surface area contributed by atoms with Crippen molar-refractivity contribution < 1.29 is 9.18 Å². The summed E-state index contributed by atoms with van der Waals surface area (Å²) in [7, 11) is 0. The molecule has 0 aliphatic carbocycles. The Hall–Kier alpha value is -2.28. The number of hydrogen-bond acceptors (Lipinski definition) is 4. The number of amides is 1. The number of rotatable bonds is 5. The minimum Gasteiger partial charge on any atom is -0.350 e. The van der Waals surface area contributed by atoms with Crippen LogP contribution in [0, 0.1) is 12.7 Å². The minimum atomic E-state index is -0.253. The fourth-order valence-electron chi connectivity index (χ4n) is 1.73. The van der Waals surface area contributed by atoms with Gasteiger partial charge in [-0.1, -0.05) is 17.3 Å². The molecule has 2 aromatic rings. The molecule has 0 spiro atoms. The Morgan fingerprint density at radius 1 is 1.50 bits per heavy atom. The Bertz CT molecular complexity index is 611. The van der Waals surface area contributed by atoms with Gasteiger partial charge in [0.15, 0.2) is 0 Å². The molecule has 0 aliphatic heterocycles. The summed E-state index contributed by atoms with van der Waals surface area (Å²) in [6, 6.07) is 4.74. The third-order valence-electron chi connectivity index (χ3n) is 2.81. The molecule has 0 radical (unpaired) electrons. The van der Waals surface area contributed by atoms with E-state index in [0.717, 1.165) is 5.56 Å². The van der Waals surface area contributed by atoms with Crippen molar-refractivity contribution in [3.63, 3.8) is 0 Å². The molecule has 0 bridgehead atoms. The summed E-state index contributed by atoms with van der Waals surface area (Å²) in [6.45, 7) is 2.40. The molecule has 3 N–H and O–H groups in total. The van der Waals surface area contributed by atoms with Gasteiger partial charge in [-0.25, -0.2) is 9.07 Å². The molecular weight excluding hydrogens is 261 g/mol. The molecule has 0 atom stereocenters. The highest BCUT2D eigenvalue weighted by Gasteiger charge is 2.06. The summed E-state index contributed by atoms with van der Waals surface area (Å²) in [5.74, 6) is -0.447. The van der Waals surface area contributed by atoms with Crippen LogP contribution in [0.2, 0.25) is 0 Å². The second kappa shape index (κ2) is 6.25.